The lowest BCUT2D eigenvalue weighted by Gasteiger charge is -2.09. The first-order chi connectivity index (χ1) is 10.5. The van der Waals surface area contributed by atoms with Crippen molar-refractivity contribution in [3.8, 4) is 5.75 Å². The van der Waals surface area contributed by atoms with Gasteiger partial charge >= 0.3 is 0 Å². The Hall–Kier alpha value is -2.89. The monoisotopic (exact) mass is 300 g/mol. The second-order valence-electron chi connectivity index (χ2n) is 4.75. The van der Waals surface area contributed by atoms with Crippen molar-refractivity contribution >= 4 is 17.2 Å². The Balaban J connectivity index is 2.21. The van der Waals surface area contributed by atoms with Gasteiger partial charge in [0.25, 0.3) is 5.69 Å². The van der Waals surface area contributed by atoms with Gasteiger partial charge in [-0.15, -0.1) is 0 Å². The third-order valence-corrected chi connectivity index (χ3v) is 3.22. The van der Waals surface area contributed by atoms with Gasteiger partial charge < -0.3 is 10.1 Å². The van der Waals surface area contributed by atoms with Crippen LogP contribution in [0.5, 0.6) is 5.75 Å². The second-order valence-corrected chi connectivity index (χ2v) is 4.75. The van der Waals surface area contributed by atoms with E-state index < -0.39 is 4.92 Å². The fraction of sp³-hybridized carbons (Fsp3) is 0.188. The molecule has 114 valence electrons. The number of ether oxygens (including phenoxy) is 1. The number of hydrogen-bond donors (Lipinski definition) is 1. The average molecular weight is 300 g/mol. The van der Waals surface area contributed by atoms with Crippen molar-refractivity contribution in [2.75, 3.05) is 12.4 Å². The van der Waals surface area contributed by atoms with Crippen LogP contribution in [0, 0.1) is 10.1 Å². The summed E-state index contributed by atoms with van der Waals surface area (Å²) in [6.07, 6.45) is 0. The number of carbonyl (C=O) groups is 1. The van der Waals surface area contributed by atoms with Crippen LogP contribution in [0.3, 0.4) is 0 Å². The molecule has 0 aliphatic rings. The number of nitrogens with one attached hydrogen (secondary N) is 1. The zero-order valence-electron chi connectivity index (χ0n) is 12.3. The third kappa shape index (κ3) is 3.60. The van der Waals surface area contributed by atoms with E-state index in [1.807, 2.05) is 24.3 Å². The van der Waals surface area contributed by atoms with E-state index in [0.717, 1.165) is 11.3 Å². The van der Waals surface area contributed by atoms with Crippen LogP contribution in [0.15, 0.2) is 42.5 Å². The van der Waals surface area contributed by atoms with Crippen molar-refractivity contribution in [1.82, 2.24) is 0 Å². The van der Waals surface area contributed by atoms with E-state index >= 15 is 0 Å². The highest BCUT2D eigenvalue weighted by Crippen LogP contribution is 2.26. The van der Waals surface area contributed by atoms with Gasteiger partial charge in [-0.05, 0) is 36.8 Å². The zero-order valence-corrected chi connectivity index (χ0v) is 12.3. The molecule has 1 N–H and O–H groups in total. The summed E-state index contributed by atoms with van der Waals surface area (Å²) in [5.41, 5.74) is 1.51. The fourth-order valence-electron chi connectivity index (χ4n) is 2.03. The smallest absolute Gasteiger partial charge is 0.293 e. The first-order valence-corrected chi connectivity index (χ1v) is 6.67. The lowest BCUT2D eigenvalue weighted by atomic mass is 10.1. The zero-order chi connectivity index (χ0) is 16.1. The van der Waals surface area contributed by atoms with Crippen molar-refractivity contribution in [3.63, 3.8) is 0 Å². The van der Waals surface area contributed by atoms with E-state index in [1.165, 1.54) is 13.0 Å². The summed E-state index contributed by atoms with van der Waals surface area (Å²) >= 11 is 0. The summed E-state index contributed by atoms with van der Waals surface area (Å²) < 4.78 is 5.14. The van der Waals surface area contributed by atoms with Gasteiger partial charge in [0.2, 0.25) is 0 Å². The van der Waals surface area contributed by atoms with Crippen LogP contribution in [0.1, 0.15) is 22.8 Å². The van der Waals surface area contributed by atoms with Gasteiger partial charge in [0, 0.05) is 18.2 Å². The molecule has 0 atom stereocenters. The number of benzene rings is 2. The molecular formula is C16H16N2O4. The summed E-state index contributed by atoms with van der Waals surface area (Å²) in [7, 11) is 1.58. The van der Waals surface area contributed by atoms with E-state index in [-0.39, 0.29) is 11.5 Å². The van der Waals surface area contributed by atoms with Gasteiger partial charge in [0.15, 0.2) is 5.78 Å². The number of carbonyl (C=O) groups excluding carboxylic acids is 1. The van der Waals surface area contributed by atoms with Crippen LogP contribution in [-0.4, -0.2) is 17.8 Å². The molecule has 22 heavy (non-hydrogen) atoms. The largest absolute Gasteiger partial charge is 0.497 e. The maximum atomic E-state index is 11.3. The van der Waals surface area contributed by atoms with Gasteiger partial charge in [-0.2, -0.15) is 0 Å². The number of rotatable bonds is 6. The molecule has 0 fully saturated rings. The van der Waals surface area contributed by atoms with Crippen LogP contribution in [0.2, 0.25) is 0 Å². The fourth-order valence-corrected chi connectivity index (χ4v) is 2.03. The number of Topliss-reactive ketones (excluding diaryl/α,β-unsaturated/α-hetero) is 1. The topological polar surface area (TPSA) is 81.5 Å². The Kier molecular flexibility index (Phi) is 4.73. The van der Waals surface area contributed by atoms with E-state index in [4.69, 9.17) is 4.74 Å². The molecule has 0 radical (unpaired) electrons. The molecule has 2 rings (SSSR count). The van der Waals surface area contributed by atoms with Crippen molar-refractivity contribution < 1.29 is 14.5 Å². The number of hydrogen-bond acceptors (Lipinski definition) is 5. The second kappa shape index (κ2) is 6.71. The Labute approximate surface area is 127 Å². The van der Waals surface area contributed by atoms with E-state index in [0.29, 0.717) is 17.8 Å². The molecule has 0 spiro atoms. The SMILES string of the molecule is COc1cccc(CNc2ccc(C(C)=O)cc2[N+](=O)[O-])c1. The molecule has 0 amide bonds. The molecule has 6 nitrogen and oxygen atoms in total. The predicted octanol–water partition coefficient (Wildman–Crippen LogP) is 3.42. The summed E-state index contributed by atoms with van der Waals surface area (Å²) in [6.45, 7) is 1.79. The highest BCUT2D eigenvalue weighted by atomic mass is 16.6. The molecule has 0 unspecified atom stereocenters. The minimum absolute atomic E-state index is 0.115. The van der Waals surface area contributed by atoms with Crippen LogP contribution in [0.25, 0.3) is 0 Å². The van der Waals surface area contributed by atoms with Gasteiger partial charge in [0.05, 0.1) is 12.0 Å². The minimum atomic E-state index is -0.500. The Morgan fingerprint density at radius 2 is 2.05 bits per heavy atom. The molecule has 0 aliphatic carbocycles. The normalized spacial score (nSPS) is 10.1. The standard InChI is InChI=1S/C16H16N2O4/c1-11(19)13-6-7-15(16(9-13)18(20)21)17-10-12-4-3-5-14(8-12)22-2/h3-9,17H,10H2,1-2H3. The summed E-state index contributed by atoms with van der Waals surface area (Å²) in [5.74, 6) is 0.517. The van der Waals surface area contributed by atoms with Crippen molar-refractivity contribution in [1.29, 1.82) is 0 Å². The summed E-state index contributed by atoms with van der Waals surface area (Å²) in [5, 5.41) is 14.2. The van der Waals surface area contributed by atoms with Gasteiger partial charge in [-0.25, -0.2) is 0 Å². The summed E-state index contributed by atoms with van der Waals surface area (Å²) in [6, 6.07) is 11.8. The number of methoxy groups -OCH3 is 1. The number of anilines is 1. The molecule has 0 heterocycles. The minimum Gasteiger partial charge on any atom is -0.497 e. The van der Waals surface area contributed by atoms with E-state index in [1.54, 1.807) is 19.2 Å². The predicted molar refractivity (Wildman–Crippen MR) is 83.4 cm³/mol. The van der Waals surface area contributed by atoms with Crippen LogP contribution in [0.4, 0.5) is 11.4 Å². The average Bonchev–Trinajstić information content (AvgIpc) is 2.52. The van der Waals surface area contributed by atoms with Gasteiger partial charge in [0.1, 0.15) is 11.4 Å². The van der Waals surface area contributed by atoms with Crippen LogP contribution >= 0.6 is 0 Å². The highest BCUT2D eigenvalue weighted by molar-refractivity contribution is 5.95. The van der Waals surface area contributed by atoms with Crippen LogP contribution in [-0.2, 0) is 6.54 Å². The van der Waals surface area contributed by atoms with Gasteiger partial charge in [-0.3, -0.25) is 14.9 Å². The molecule has 0 aromatic heterocycles. The number of nitro benzene ring substituents is 1. The van der Waals surface area contributed by atoms with Crippen LogP contribution < -0.4 is 10.1 Å². The lowest BCUT2D eigenvalue weighted by molar-refractivity contribution is -0.384. The molecule has 0 saturated carbocycles. The maximum Gasteiger partial charge on any atom is 0.293 e. The molecule has 0 bridgehead atoms. The molecular weight excluding hydrogens is 284 g/mol. The highest BCUT2D eigenvalue weighted by Gasteiger charge is 2.16. The van der Waals surface area contributed by atoms with Gasteiger partial charge in [-0.1, -0.05) is 12.1 Å². The third-order valence-electron chi connectivity index (χ3n) is 3.22. The van der Waals surface area contributed by atoms with Crippen molar-refractivity contribution in [3.05, 3.63) is 63.7 Å². The molecule has 0 aliphatic heterocycles. The molecule has 2 aromatic carbocycles. The number of nitrogens with zero attached hydrogens (tertiary/aromatic N) is 1. The lowest BCUT2D eigenvalue weighted by Crippen LogP contribution is -2.04. The maximum absolute atomic E-state index is 11.3. The van der Waals surface area contributed by atoms with E-state index in [2.05, 4.69) is 5.32 Å². The van der Waals surface area contributed by atoms with E-state index in [9.17, 15) is 14.9 Å². The first-order valence-electron chi connectivity index (χ1n) is 6.67. The van der Waals surface area contributed by atoms with Crippen molar-refractivity contribution in [2.24, 2.45) is 0 Å². The molecule has 0 saturated heterocycles. The first kappa shape index (κ1) is 15.5. The Bertz CT molecular complexity index is 713. The summed E-state index contributed by atoms with van der Waals surface area (Å²) in [4.78, 5) is 22.0. The number of ketones is 1. The Morgan fingerprint density at radius 1 is 1.27 bits per heavy atom. The Morgan fingerprint density at radius 3 is 2.68 bits per heavy atom. The quantitative estimate of drug-likeness (QED) is 0.502. The molecule has 6 heteroatoms. The molecule has 2 aromatic rings. The number of nitro groups is 1. The van der Waals surface area contributed by atoms with Crippen molar-refractivity contribution in [2.45, 2.75) is 13.5 Å².